The molecule has 0 saturated heterocycles. The molecule has 0 rings (SSSR count). The monoisotopic (exact) mass is 265 g/mol. The fourth-order valence-electron chi connectivity index (χ4n) is 0.856. The molecule has 0 aliphatic carbocycles. The first-order valence-corrected chi connectivity index (χ1v) is 4.54. The maximum Gasteiger partial charge on any atom is 0.335 e. The summed E-state index contributed by atoms with van der Waals surface area (Å²) >= 11 is 0. The highest BCUT2D eigenvalue weighted by Gasteiger charge is 2.27. The van der Waals surface area contributed by atoms with Gasteiger partial charge in [-0.2, -0.15) is 5.48 Å². The van der Waals surface area contributed by atoms with Gasteiger partial charge in [-0.15, -0.1) is 0 Å². The average molecular weight is 265 g/mol. The highest BCUT2D eigenvalue weighted by Crippen LogP contribution is 2.00. The van der Waals surface area contributed by atoms with Crippen molar-refractivity contribution in [2.45, 2.75) is 25.0 Å². The van der Waals surface area contributed by atoms with E-state index in [0.717, 1.165) is 0 Å². The Bertz CT molecular complexity index is 318. The maximum absolute atomic E-state index is 10.6. The minimum absolute atomic E-state index is 0.852. The van der Waals surface area contributed by atoms with Gasteiger partial charge in [-0.05, 0) is 0 Å². The number of hydroxylamine groups is 1. The zero-order chi connectivity index (χ0) is 14.3. The lowest BCUT2D eigenvalue weighted by molar-refractivity contribution is -0.168. The third-order valence-electron chi connectivity index (χ3n) is 1.66. The molecule has 5 N–H and O–H groups in total. The van der Waals surface area contributed by atoms with Crippen LogP contribution >= 0.6 is 0 Å². The van der Waals surface area contributed by atoms with Crippen LogP contribution in [0.2, 0.25) is 0 Å². The summed E-state index contributed by atoms with van der Waals surface area (Å²) < 4.78 is 0. The van der Waals surface area contributed by atoms with Gasteiger partial charge >= 0.3 is 23.9 Å². The lowest BCUT2D eigenvalue weighted by Gasteiger charge is -2.16. The summed E-state index contributed by atoms with van der Waals surface area (Å²) in [5, 5.41) is 33.9. The Kier molecular flexibility index (Phi) is 6.31. The van der Waals surface area contributed by atoms with Gasteiger partial charge in [-0.1, -0.05) is 0 Å². The quantitative estimate of drug-likeness (QED) is 0.304. The number of carboxylic acids is 4. The molecule has 0 fully saturated rings. The third kappa shape index (κ3) is 6.40. The largest absolute Gasteiger partial charge is 0.481 e. The van der Waals surface area contributed by atoms with E-state index in [2.05, 4.69) is 4.84 Å². The lowest BCUT2D eigenvalue weighted by Crippen LogP contribution is -2.43. The Morgan fingerprint density at radius 1 is 0.889 bits per heavy atom. The van der Waals surface area contributed by atoms with Crippen molar-refractivity contribution in [3.05, 3.63) is 0 Å². The van der Waals surface area contributed by atoms with E-state index < -0.39 is 48.9 Å². The molecule has 0 heterocycles. The molecule has 18 heavy (non-hydrogen) atoms. The maximum atomic E-state index is 10.6. The van der Waals surface area contributed by atoms with Gasteiger partial charge < -0.3 is 20.4 Å². The van der Waals surface area contributed by atoms with Gasteiger partial charge in [0, 0.05) is 0 Å². The van der Waals surface area contributed by atoms with Gasteiger partial charge in [0.05, 0.1) is 12.8 Å². The number of aliphatic carboxylic acids is 4. The number of hydrogen-bond donors (Lipinski definition) is 5. The second-order valence-electron chi connectivity index (χ2n) is 3.15. The predicted molar refractivity (Wildman–Crippen MR) is 51.6 cm³/mol. The van der Waals surface area contributed by atoms with Crippen molar-refractivity contribution in [2.75, 3.05) is 0 Å². The summed E-state index contributed by atoms with van der Waals surface area (Å²) in [7, 11) is 0. The summed E-state index contributed by atoms with van der Waals surface area (Å²) in [6.45, 7) is 0. The van der Waals surface area contributed by atoms with Crippen LogP contribution in [0.3, 0.4) is 0 Å². The SMILES string of the molecule is O=C(O)CC(NOC(CC(=O)O)C(=O)O)C(=O)O. The van der Waals surface area contributed by atoms with E-state index in [0.29, 0.717) is 0 Å². The highest BCUT2D eigenvalue weighted by atomic mass is 16.7. The van der Waals surface area contributed by atoms with Crippen LogP contribution in [-0.2, 0) is 24.0 Å². The molecule has 0 aliphatic rings. The number of carboxylic acid groups (broad SMARTS) is 4. The predicted octanol–water partition coefficient (Wildman–Crippen LogP) is -1.64. The molecule has 0 saturated carbocycles. The third-order valence-corrected chi connectivity index (χ3v) is 1.66. The first-order valence-electron chi connectivity index (χ1n) is 4.54. The van der Waals surface area contributed by atoms with Crippen molar-refractivity contribution < 1.29 is 44.4 Å². The van der Waals surface area contributed by atoms with E-state index in [9.17, 15) is 19.2 Å². The van der Waals surface area contributed by atoms with Crippen LogP contribution < -0.4 is 5.48 Å². The molecule has 0 aromatic carbocycles. The Labute approximate surface area is 99.7 Å². The zero-order valence-electron chi connectivity index (χ0n) is 8.90. The van der Waals surface area contributed by atoms with E-state index in [1.165, 1.54) is 0 Å². The van der Waals surface area contributed by atoms with Crippen LogP contribution in [-0.4, -0.2) is 56.4 Å². The average Bonchev–Trinajstić information content (AvgIpc) is 2.20. The Morgan fingerprint density at radius 3 is 1.72 bits per heavy atom. The molecule has 0 aromatic heterocycles. The standard InChI is InChI=1S/C8H11NO9/c10-5(11)1-3(7(14)15)9-18-4(8(16)17)2-6(12)13/h3-4,9H,1-2H2,(H,10,11)(H,12,13)(H,14,15)(H,16,17). The summed E-state index contributed by atoms with van der Waals surface area (Å²) in [6, 6.07) is -1.68. The van der Waals surface area contributed by atoms with Crippen LogP contribution in [0.4, 0.5) is 0 Å². The Morgan fingerprint density at radius 2 is 1.39 bits per heavy atom. The summed E-state index contributed by atoms with van der Waals surface area (Å²) in [4.78, 5) is 46.1. The number of rotatable bonds is 9. The molecule has 2 unspecified atom stereocenters. The molecule has 0 bridgehead atoms. The normalized spacial score (nSPS) is 13.6. The first-order chi connectivity index (χ1) is 8.23. The molecule has 0 amide bonds. The van der Waals surface area contributed by atoms with E-state index in [4.69, 9.17) is 20.4 Å². The van der Waals surface area contributed by atoms with Crippen molar-refractivity contribution in [3.8, 4) is 0 Å². The number of carbonyl (C=O) groups is 4. The van der Waals surface area contributed by atoms with E-state index >= 15 is 0 Å². The molecule has 0 aliphatic heterocycles. The van der Waals surface area contributed by atoms with Crippen molar-refractivity contribution in [1.82, 2.24) is 5.48 Å². The second-order valence-corrected chi connectivity index (χ2v) is 3.15. The molecule has 2 atom stereocenters. The van der Waals surface area contributed by atoms with Crippen LogP contribution in [0.25, 0.3) is 0 Å². The van der Waals surface area contributed by atoms with Crippen molar-refractivity contribution in [3.63, 3.8) is 0 Å². The van der Waals surface area contributed by atoms with Gasteiger partial charge in [-0.3, -0.25) is 19.2 Å². The van der Waals surface area contributed by atoms with Gasteiger partial charge in [0.15, 0.2) is 6.10 Å². The van der Waals surface area contributed by atoms with Crippen molar-refractivity contribution in [2.24, 2.45) is 0 Å². The second kappa shape index (κ2) is 7.19. The molecule has 0 radical (unpaired) electrons. The molecular formula is C8H11NO9. The topological polar surface area (TPSA) is 170 Å². The van der Waals surface area contributed by atoms with Crippen LogP contribution in [0.5, 0.6) is 0 Å². The van der Waals surface area contributed by atoms with Crippen LogP contribution in [0, 0.1) is 0 Å². The van der Waals surface area contributed by atoms with Gasteiger partial charge in [0.1, 0.15) is 6.04 Å². The van der Waals surface area contributed by atoms with Crippen molar-refractivity contribution in [1.29, 1.82) is 0 Å². The molecule has 0 aromatic rings. The summed E-state index contributed by atoms with van der Waals surface area (Å²) in [5.74, 6) is -6.10. The zero-order valence-corrected chi connectivity index (χ0v) is 8.90. The summed E-state index contributed by atoms with van der Waals surface area (Å²) in [6.07, 6.45) is -3.57. The number of hydrogen-bond acceptors (Lipinski definition) is 6. The van der Waals surface area contributed by atoms with Crippen molar-refractivity contribution >= 4 is 23.9 Å². The van der Waals surface area contributed by atoms with E-state index in [1.807, 2.05) is 0 Å². The lowest BCUT2D eigenvalue weighted by atomic mass is 10.2. The summed E-state index contributed by atoms with van der Waals surface area (Å²) in [5.41, 5.74) is 1.71. The highest BCUT2D eigenvalue weighted by molar-refractivity contribution is 5.81. The van der Waals surface area contributed by atoms with Gasteiger partial charge in [0.25, 0.3) is 0 Å². The smallest absolute Gasteiger partial charge is 0.335 e. The van der Waals surface area contributed by atoms with Crippen LogP contribution in [0.15, 0.2) is 0 Å². The minimum Gasteiger partial charge on any atom is -0.481 e. The molecule has 10 heteroatoms. The molecular weight excluding hydrogens is 254 g/mol. The van der Waals surface area contributed by atoms with Crippen LogP contribution in [0.1, 0.15) is 12.8 Å². The van der Waals surface area contributed by atoms with Gasteiger partial charge in [0.2, 0.25) is 0 Å². The number of nitrogens with one attached hydrogen (secondary N) is 1. The van der Waals surface area contributed by atoms with Gasteiger partial charge in [-0.25, -0.2) is 4.79 Å². The molecule has 0 spiro atoms. The fraction of sp³-hybridized carbons (Fsp3) is 0.500. The minimum atomic E-state index is -1.82. The first kappa shape index (κ1) is 15.8. The fourth-order valence-corrected chi connectivity index (χ4v) is 0.856. The Balaban J connectivity index is 4.45. The Hall–Kier alpha value is -2.20. The van der Waals surface area contributed by atoms with E-state index in [-0.39, 0.29) is 0 Å². The molecule has 10 nitrogen and oxygen atoms in total. The molecule has 102 valence electrons. The van der Waals surface area contributed by atoms with E-state index in [1.54, 1.807) is 5.48 Å².